The lowest BCUT2D eigenvalue weighted by molar-refractivity contribution is -0.122. The van der Waals surface area contributed by atoms with Gasteiger partial charge in [0.15, 0.2) is 0 Å². The van der Waals surface area contributed by atoms with Crippen LogP contribution < -0.4 is 5.73 Å². The van der Waals surface area contributed by atoms with E-state index in [1.165, 1.54) is 6.33 Å². The Morgan fingerprint density at radius 3 is 2.27 bits per heavy atom. The summed E-state index contributed by atoms with van der Waals surface area (Å²) in [6.45, 7) is 9.34. The second kappa shape index (κ2) is 5.44. The molecule has 84 valence electrons. The molecule has 1 rings (SSSR count). The van der Waals surface area contributed by atoms with E-state index in [1.807, 2.05) is 20.8 Å². The summed E-state index contributed by atoms with van der Waals surface area (Å²) < 4.78 is 0. The summed E-state index contributed by atoms with van der Waals surface area (Å²) >= 11 is 0. The summed E-state index contributed by atoms with van der Waals surface area (Å²) in [6.07, 6.45) is 1.44. The van der Waals surface area contributed by atoms with E-state index in [0.29, 0.717) is 5.69 Å². The van der Waals surface area contributed by atoms with Crippen LogP contribution in [0.25, 0.3) is 0 Å². The SMILES string of the molecule is CC.Cc1cc(C(C)(C)C(N)=O)ncn1. The Bertz CT molecular complexity index is 334. The molecule has 0 aliphatic heterocycles. The van der Waals surface area contributed by atoms with Crippen LogP contribution in [0.15, 0.2) is 12.4 Å². The minimum absolute atomic E-state index is 0.384. The predicted octanol–water partition coefficient (Wildman–Crippen LogP) is 1.57. The Hall–Kier alpha value is -1.45. The van der Waals surface area contributed by atoms with E-state index in [9.17, 15) is 4.79 Å². The fourth-order valence-corrected chi connectivity index (χ4v) is 0.923. The highest BCUT2D eigenvalue weighted by atomic mass is 16.1. The van der Waals surface area contributed by atoms with Gasteiger partial charge in [-0.15, -0.1) is 0 Å². The van der Waals surface area contributed by atoms with Crippen LogP contribution in [-0.4, -0.2) is 15.9 Å². The van der Waals surface area contributed by atoms with E-state index in [-0.39, 0.29) is 5.91 Å². The van der Waals surface area contributed by atoms with Crippen LogP contribution in [0.2, 0.25) is 0 Å². The van der Waals surface area contributed by atoms with Crippen LogP contribution in [0.5, 0.6) is 0 Å². The Balaban J connectivity index is 0.000000921. The van der Waals surface area contributed by atoms with Crippen molar-refractivity contribution in [2.75, 3.05) is 0 Å². The highest BCUT2D eigenvalue weighted by Gasteiger charge is 2.28. The van der Waals surface area contributed by atoms with E-state index in [0.717, 1.165) is 5.69 Å². The zero-order valence-electron chi connectivity index (χ0n) is 10.0. The number of nitrogens with zero attached hydrogens (tertiary/aromatic N) is 2. The van der Waals surface area contributed by atoms with Crippen molar-refractivity contribution >= 4 is 5.91 Å². The lowest BCUT2D eigenvalue weighted by Crippen LogP contribution is -2.36. The fraction of sp³-hybridized carbons (Fsp3) is 0.545. The molecule has 0 aliphatic rings. The summed E-state index contributed by atoms with van der Waals surface area (Å²) in [7, 11) is 0. The average molecular weight is 209 g/mol. The minimum Gasteiger partial charge on any atom is -0.369 e. The summed E-state index contributed by atoms with van der Waals surface area (Å²) in [5.74, 6) is -0.384. The lowest BCUT2D eigenvalue weighted by atomic mass is 9.88. The van der Waals surface area contributed by atoms with Crippen LogP contribution in [-0.2, 0) is 10.2 Å². The molecule has 0 saturated carbocycles. The maximum Gasteiger partial charge on any atom is 0.229 e. The maximum absolute atomic E-state index is 11.1. The minimum atomic E-state index is -0.728. The molecule has 0 spiro atoms. The predicted molar refractivity (Wildman–Crippen MR) is 60.3 cm³/mol. The van der Waals surface area contributed by atoms with Crippen molar-refractivity contribution < 1.29 is 4.79 Å². The Labute approximate surface area is 90.9 Å². The van der Waals surface area contributed by atoms with Gasteiger partial charge in [-0.25, -0.2) is 9.97 Å². The van der Waals surface area contributed by atoms with Crippen molar-refractivity contribution in [3.63, 3.8) is 0 Å². The molecule has 2 N–H and O–H groups in total. The van der Waals surface area contributed by atoms with E-state index < -0.39 is 5.41 Å². The smallest absolute Gasteiger partial charge is 0.229 e. The molecular formula is C11H19N3O. The monoisotopic (exact) mass is 209 g/mol. The normalized spacial score (nSPS) is 10.2. The average Bonchev–Trinajstić information content (AvgIpc) is 2.20. The van der Waals surface area contributed by atoms with Crippen molar-refractivity contribution in [2.45, 2.75) is 40.0 Å². The number of rotatable bonds is 2. The van der Waals surface area contributed by atoms with Crippen molar-refractivity contribution in [1.82, 2.24) is 9.97 Å². The van der Waals surface area contributed by atoms with Gasteiger partial charge < -0.3 is 5.73 Å². The molecule has 0 aliphatic carbocycles. The quantitative estimate of drug-likeness (QED) is 0.803. The largest absolute Gasteiger partial charge is 0.369 e. The van der Waals surface area contributed by atoms with Gasteiger partial charge in [-0.1, -0.05) is 13.8 Å². The number of nitrogens with two attached hydrogens (primary N) is 1. The summed E-state index contributed by atoms with van der Waals surface area (Å²) in [5, 5.41) is 0. The molecule has 4 nitrogen and oxygen atoms in total. The van der Waals surface area contributed by atoms with Crippen LogP contribution in [0.4, 0.5) is 0 Å². The molecule has 15 heavy (non-hydrogen) atoms. The third kappa shape index (κ3) is 3.31. The second-order valence-electron chi connectivity index (χ2n) is 3.53. The van der Waals surface area contributed by atoms with Crippen molar-refractivity contribution in [2.24, 2.45) is 5.73 Å². The lowest BCUT2D eigenvalue weighted by Gasteiger charge is -2.19. The summed E-state index contributed by atoms with van der Waals surface area (Å²) in [4.78, 5) is 19.1. The first-order chi connectivity index (χ1) is 6.94. The Morgan fingerprint density at radius 2 is 1.87 bits per heavy atom. The number of primary amides is 1. The zero-order chi connectivity index (χ0) is 12.1. The van der Waals surface area contributed by atoms with Crippen molar-refractivity contribution in [1.29, 1.82) is 0 Å². The highest BCUT2D eigenvalue weighted by molar-refractivity contribution is 5.85. The standard InChI is InChI=1S/C9H13N3O.C2H6/c1-6-4-7(12-5-11-6)9(2,3)8(10)13;1-2/h4-5H,1-3H3,(H2,10,13);1-2H3. The second-order valence-corrected chi connectivity index (χ2v) is 3.53. The van der Waals surface area contributed by atoms with Gasteiger partial charge in [0.05, 0.1) is 11.1 Å². The number of amides is 1. The highest BCUT2D eigenvalue weighted by Crippen LogP contribution is 2.19. The molecule has 0 atom stereocenters. The maximum atomic E-state index is 11.1. The Kier molecular flexibility index (Phi) is 4.91. The van der Waals surface area contributed by atoms with Crippen LogP contribution >= 0.6 is 0 Å². The van der Waals surface area contributed by atoms with Crippen molar-refractivity contribution in [3.05, 3.63) is 23.8 Å². The number of hydrogen-bond donors (Lipinski definition) is 1. The van der Waals surface area contributed by atoms with Gasteiger partial charge in [-0.05, 0) is 26.8 Å². The first kappa shape index (κ1) is 13.5. The van der Waals surface area contributed by atoms with E-state index >= 15 is 0 Å². The fourth-order valence-electron chi connectivity index (χ4n) is 0.923. The molecule has 1 heterocycles. The number of carbonyl (C=O) groups excluding carboxylic acids is 1. The van der Waals surface area contributed by atoms with Gasteiger partial charge in [0.1, 0.15) is 6.33 Å². The third-order valence-electron chi connectivity index (χ3n) is 2.06. The molecule has 0 bridgehead atoms. The van der Waals surface area contributed by atoms with Crippen LogP contribution in [0.3, 0.4) is 0 Å². The molecule has 0 saturated heterocycles. The van der Waals surface area contributed by atoms with Gasteiger partial charge in [0, 0.05) is 5.69 Å². The topological polar surface area (TPSA) is 68.9 Å². The number of hydrogen-bond acceptors (Lipinski definition) is 3. The zero-order valence-corrected chi connectivity index (χ0v) is 10.0. The molecular weight excluding hydrogens is 190 g/mol. The first-order valence-electron chi connectivity index (χ1n) is 5.03. The van der Waals surface area contributed by atoms with E-state index in [4.69, 9.17) is 5.73 Å². The van der Waals surface area contributed by atoms with Gasteiger partial charge in [-0.3, -0.25) is 4.79 Å². The molecule has 4 heteroatoms. The number of carbonyl (C=O) groups is 1. The Morgan fingerprint density at radius 1 is 1.33 bits per heavy atom. The molecule has 0 radical (unpaired) electrons. The van der Waals surface area contributed by atoms with Gasteiger partial charge >= 0.3 is 0 Å². The van der Waals surface area contributed by atoms with Crippen LogP contribution in [0.1, 0.15) is 39.1 Å². The summed E-state index contributed by atoms with van der Waals surface area (Å²) in [6, 6.07) is 1.77. The van der Waals surface area contributed by atoms with Crippen LogP contribution in [0, 0.1) is 6.92 Å². The number of aromatic nitrogens is 2. The summed E-state index contributed by atoms with van der Waals surface area (Å²) in [5.41, 5.74) is 6.02. The van der Waals surface area contributed by atoms with Gasteiger partial charge in [0.2, 0.25) is 5.91 Å². The number of aryl methyl sites for hydroxylation is 1. The molecule has 0 unspecified atom stereocenters. The van der Waals surface area contributed by atoms with Gasteiger partial charge in [-0.2, -0.15) is 0 Å². The van der Waals surface area contributed by atoms with E-state index in [2.05, 4.69) is 9.97 Å². The molecule has 1 amide bonds. The van der Waals surface area contributed by atoms with Crippen molar-refractivity contribution in [3.8, 4) is 0 Å². The molecule has 1 aromatic rings. The van der Waals surface area contributed by atoms with Gasteiger partial charge in [0.25, 0.3) is 0 Å². The molecule has 1 aromatic heterocycles. The molecule has 0 aromatic carbocycles. The first-order valence-corrected chi connectivity index (χ1v) is 5.03. The molecule has 0 fully saturated rings. The van der Waals surface area contributed by atoms with E-state index in [1.54, 1.807) is 19.9 Å². The third-order valence-corrected chi connectivity index (χ3v) is 2.06.